The topological polar surface area (TPSA) is 72.4 Å². The fourth-order valence-corrected chi connectivity index (χ4v) is 3.50. The van der Waals surface area contributed by atoms with Crippen molar-refractivity contribution >= 4 is 17.2 Å². The van der Waals surface area contributed by atoms with Crippen molar-refractivity contribution in [3.05, 3.63) is 29.0 Å². The maximum Gasteiger partial charge on any atom is 0.228 e. The van der Waals surface area contributed by atoms with Crippen LogP contribution < -0.4 is 5.73 Å². The molecule has 1 aliphatic rings. The Kier molecular flexibility index (Phi) is 4.06. The molecule has 0 aliphatic carbocycles. The lowest BCUT2D eigenvalue weighted by Crippen LogP contribution is -2.35. The van der Waals surface area contributed by atoms with E-state index in [9.17, 15) is 4.79 Å². The molecule has 0 spiro atoms. The molecular weight excluding hydrogens is 298 g/mol. The van der Waals surface area contributed by atoms with Gasteiger partial charge in [-0.25, -0.2) is 4.98 Å². The van der Waals surface area contributed by atoms with E-state index in [1.807, 2.05) is 29.3 Å². The maximum atomic E-state index is 12.4. The zero-order chi connectivity index (χ0) is 15.7. The molecule has 22 heavy (non-hydrogen) atoms. The van der Waals surface area contributed by atoms with Crippen LogP contribution in [0.5, 0.6) is 0 Å². The third-order valence-electron chi connectivity index (χ3n) is 4.24. The quantitative estimate of drug-likeness (QED) is 0.939. The molecule has 1 saturated heterocycles. The van der Waals surface area contributed by atoms with Crippen LogP contribution in [0.15, 0.2) is 21.9 Å². The Bertz CT molecular complexity index is 678. The lowest BCUT2D eigenvalue weighted by atomic mass is 9.90. The Morgan fingerprint density at radius 1 is 1.55 bits per heavy atom. The fourth-order valence-electron chi connectivity index (χ4n) is 2.72. The van der Waals surface area contributed by atoms with Crippen molar-refractivity contribution in [1.82, 2.24) is 9.88 Å². The molecule has 3 rings (SSSR count). The molecule has 2 aromatic heterocycles. The van der Waals surface area contributed by atoms with Crippen molar-refractivity contribution in [2.75, 3.05) is 19.6 Å². The van der Waals surface area contributed by atoms with Crippen molar-refractivity contribution in [1.29, 1.82) is 0 Å². The highest BCUT2D eigenvalue weighted by Crippen LogP contribution is 2.29. The number of amides is 1. The molecule has 1 aliphatic heterocycles. The molecule has 0 bridgehead atoms. The van der Waals surface area contributed by atoms with E-state index in [1.165, 1.54) is 11.3 Å². The molecule has 2 N–H and O–H groups in total. The molecule has 1 unspecified atom stereocenters. The Hall–Kier alpha value is -1.66. The van der Waals surface area contributed by atoms with Crippen LogP contribution >= 0.6 is 11.3 Å². The van der Waals surface area contributed by atoms with Gasteiger partial charge < -0.3 is 15.1 Å². The summed E-state index contributed by atoms with van der Waals surface area (Å²) in [5.74, 6) is 1.75. The molecule has 2 aromatic rings. The molecule has 0 saturated carbocycles. The van der Waals surface area contributed by atoms with Gasteiger partial charge in [0.15, 0.2) is 10.8 Å². The summed E-state index contributed by atoms with van der Waals surface area (Å²) in [6.45, 7) is 6.21. The average molecular weight is 319 g/mol. The van der Waals surface area contributed by atoms with Crippen LogP contribution in [0.3, 0.4) is 0 Å². The van der Waals surface area contributed by atoms with Crippen molar-refractivity contribution in [3.8, 4) is 10.8 Å². The van der Waals surface area contributed by atoms with Gasteiger partial charge in [0, 0.05) is 18.5 Å². The number of aryl methyl sites for hydroxylation is 1. The first kappa shape index (κ1) is 15.2. The van der Waals surface area contributed by atoms with E-state index in [2.05, 4.69) is 11.9 Å². The zero-order valence-electron chi connectivity index (χ0n) is 13.0. The second-order valence-electron chi connectivity index (χ2n) is 6.31. The lowest BCUT2D eigenvalue weighted by Gasteiger charge is -2.22. The molecule has 1 atom stereocenters. The highest BCUT2D eigenvalue weighted by Gasteiger charge is 2.34. The predicted molar refractivity (Wildman–Crippen MR) is 86.6 cm³/mol. The summed E-state index contributed by atoms with van der Waals surface area (Å²) in [5.41, 5.74) is 6.66. The SMILES string of the molecule is Cc1ccc(-c2nc(CC(=O)N3CCC(C)(CN)C3)cs2)o1. The van der Waals surface area contributed by atoms with Gasteiger partial charge in [0.1, 0.15) is 5.76 Å². The number of carbonyl (C=O) groups is 1. The van der Waals surface area contributed by atoms with Crippen LogP contribution in [0.2, 0.25) is 0 Å². The highest BCUT2D eigenvalue weighted by molar-refractivity contribution is 7.13. The number of nitrogens with two attached hydrogens (primary N) is 1. The van der Waals surface area contributed by atoms with E-state index < -0.39 is 0 Å². The summed E-state index contributed by atoms with van der Waals surface area (Å²) >= 11 is 1.51. The first-order chi connectivity index (χ1) is 10.5. The number of likely N-dealkylation sites (tertiary alicyclic amines) is 1. The van der Waals surface area contributed by atoms with Crippen LogP contribution in [0.25, 0.3) is 10.8 Å². The minimum absolute atomic E-state index is 0.0641. The van der Waals surface area contributed by atoms with Crippen LogP contribution in [-0.2, 0) is 11.2 Å². The molecule has 0 aromatic carbocycles. The molecule has 118 valence electrons. The van der Waals surface area contributed by atoms with Gasteiger partial charge in [0.05, 0.1) is 12.1 Å². The predicted octanol–water partition coefficient (Wildman–Crippen LogP) is 2.45. The van der Waals surface area contributed by atoms with Gasteiger partial charge in [0.25, 0.3) is 0 Å². The smallest absolute Gasteiger partial charge is 0.228 e. The number of aromatic nitrogens is 1. The number of carbonyl (C=O) groups excluding carboxylic acids is 1. The van der Waals surface area contributed by atoms with Gasteiger partial charge in [0.2, 0.25) is 5.91 Å². The number of rotatable bonds is 4. The summed E-state index contributed by atoms with van der Waals surface area (Å²) in [6, 6.07) is 3.83. The van der Waals surface area contributed by atoms with E-state index >= 15 is 0 Å². The van der Waals surface area contributed by atoms with E-state index in [0.29, 0.717) is 13.0 Å². The van der Waals surface area contributed by atoms with E-state index in [1.54, 1.807) is 0 Å². The minimum Gasteiger partial charge on any atom is -0.459 e. The van der Waals surface area contributed by atoms with Gasteiger partial charge in [-0.05, 0) is 37.4 Å². The van der Waals surface area contributed by atoms with E-state index in [0.717, 1.165) is 41.7 Å². The third-order valence-corrected chi connectivity index (χ3v) is 5.14. The van der Waals surface area contributed by atoms with Gasteiger partial charge in [-0.2, -0.15) is 0 Å². The highest BCUT2D eigenvalue weighted by atomic mass is 32.1. The second-order valence-corrected chi connectivity index (χ2v) is 7.17. The summed E-state index contributed by atoms with van der Waals surface area (Å²) < 4.78 is 5.57. The molecule has 0 radical (unpaired) electrons. The average Bonchev–Trinajstić information content (AvgIpc) is 3.19. The van der Waals surface area contributed by atoms with Gasteiger partial charge in [-0.3, -0.25) is 4.79 Å². The van der Waals surface area contributed by atoms with Crippen LogP contribution in [-0.4, -0.2) is 35.4 Å². The lowest BCUT2D eigenvalue weighted by molar-refractivity contribution is -0.129. The van der Waals surface area contributed by atoms with Crippen molar-refractivity contribution in [2.45, 2.75) is 26.7 Å². The number of thiazole rings is 1. The Morgan fingerprint density at radius 2 is 2.36 bits per heavy atom. The van der Waals surface area contributed by atoms with Gasteiger partial charge in [-0.15, -0.1) is 11.3 Å². The summed E-state index contributed by atoms with van der Waals surface area (Å²) in [7, 11) is 0. The molecular formula is C16H21N3O2S. The fraction of sp³-hybridized carbons (Fsp3) is 0.500. The Morgan fingerprint density at radius 3 is 3.00 bits per heavy atom. The minimum atomic E-state index is 0.0641. The van der Waals surface area contributed by atoms with Crippen molar-refractivity contribution < 1.29 is 9.21 Å². The zero-order valence-corrected chi connectivity index (χ0v) is 13.8. The van der Waals surface area contributed by atoms with E-state index in [4.69, 9.17) is 10.2 Å². The van der Waals surface area contributed by atoms with E-state index in [-0.39, 0.29) is 11.3 Å². The van der Waals surface area contributed by atoms with Crippen LogP contribution in [0.1, 0.15) is 24.8 Å². The summed E-state index contributed by atoms with van der Waals surface area (Å²) in [6.07, 6.45) is 1.32. The van der Waals surface area contributed by atoms with Crippen molar-refractivity contribution in [3.63, 3.8) is 0 Å². The first-order valence-corrected chi connectivity index (χ1v) is 8.36. The molecule has 1 fully saturated rings. The molecule has 1 amide bonds. The number of hydrogen-bond acceptors (Lipinski definition) is 5. The first-order valence-electron chi connectivity index (χ1n) is 7.48. The Balaban J connectivity index is 1.64. The molecule has 6 heteroatoms. The Labute approximate surface area is 134 Å². The summed E-state index contributed by atoms with van der Waals surface area (Å²) in [5, 5.41) is 2.76. The summed E-state index contributed by atoms with van der Waals surface area (Å²) in [4.78, 5) is 18.8. The van der Waals surface area contributed by atoms with Crippen LogP contribution in [0.4, 0.5) is 0 Å². The number of hydrogen-bond donors (Lipinski definition) is 1. The van der Waals surface area contributed by atoms with Gasteiger partial charge >= 0.3 is 0 Å². The second kappa shape index (κ2) is 5.85. The van der Waals surface area contributed by atoms with Crippen molar-refractivity contribution in [2.24, 2.45) is 11.1 Å². The molecule has 3 heterocycles. The standard InChI is InChI=1S/C16H21N3O2S/c1-11-3-4-13(21-11)15-18-12(8-22-15)7-14(20)19-6-5-16(2,9-17)10-19/h3-4,8H,5-7,9-10,17H2,1-2H3. The third kappa shape index (κ3) is 3.08. The number of furan rings is 1. The monoisotopic (exact) mass is 319 g/mol. The van der Waals surface area contributed by atoms with Crippen LogP contribution in [0, 0.1) is 12.3 Å². The number of nitrogens with zero attached hydrogens (tertiary/aromatic N) is 2. The normalized spacial score (nSPS) is 21.5. The largest absolute Gasteiger partial charge is 0.459 e. The molecule has 5 nitrogen and oxygen atoms in total. The maximum absolute atomic E-state index is 12.4. The van der Waals surface area contributed by atoms with Gasteiger partial charge in [-0.1, -0.05) is 6.92 Å².